The molecule has 0 aliphatic carbocycles. The minimum Gasteiger partial charge on any atom is -0.481 e. The molecule has 0 spiro atoms. The molecule has 0 radical (unpaired) electrons. The van der Waals surface area contributed by atoms with Gasteiger partial charge in [0.2, 0.25) is 0 Å². The molecule has 0 saturated carbocycles. The highest BCUT2D eigenvalue weighted by Gasteiger charge is 2.40. The number of Topliss-reactive ketones (excluding diaryl/α,β-unsaturated/α-hetero) is 1. The fourth-order valence-electron chi connectivity index (χ4n) is 5.76. The molecule has 2 heterocycles. The fraction of sp³-hybridized carbons (Fsp3) is 0.424. The minimum absolute atomic E-state index is 0.00295. The van der Waals surface area contributed by atoms with E-state index in [9.17, 15) is 50.7 Å². The Morgan fingerprint density at radius 2 is 1.64 bits per heavy atom. The molecule has 47 heavy (non-hydrogen) atoms. The van der Waals surface area contributed by atoms with Gasteiger partial charge in [0.25, 0.3) is 0 Å². The van der Waals surface area contributed by atoms with Gasteiger partial charge in [-0.3, -0.25) is 9.59 Å². The monoisotopic (exact) mass is 683 g/mol. The Morgan fingerprint density at radius 1 is 1.04 bits per heavy atom. The molecular formula is C33H32F7N3O3S. The largest absolute Gasteiger partial charge is 0.481 e. The van der Waals surface area contributed by atoms with E-state index in [0.717, 1.165) is 0 Å². The molecule has 1 fully saturated rings. The number of benzene rings is 2. The number of aryl methyl sites for hydroxylation is 1. The van der Waals surface area contributed by atoms with Crippen molar-refractivity contribution in [3.8, 4) is 16.5 Å². The van der Waals surface area contributed by atoms with Crippen molar-refractivity contribution in [1.29, 1.82) is 5.26 Å². The van der Waals surface area contributed by atoms with Crippen molar-refractivity contribution < 1.29 is 45.4 Å². The molecule has 0 bridgehead atoms. The first-order chi connectivity index (χ1) is 21.7. The van der Waals surface area contributed by atoms with Crippen molar-refractivity contribution in [3.63, 3.8) is 0 Å². The number of carboxylic acids is 1. The van der Waals surface area contributed by atoms with Crippen molar-refractivity contribution in [2.75, 3.05) is 29.9 Å². The van der Waals surface area contributed by atoms with Crippen LogP contribution in [0.15, 0.2) is 36.4 Å². The predicted molar refractivity (Wildman–Crippen MR) is 164 cm³/mol. The molecule has 1 saturated heterocycles. The Morgan fingerprint density at radius 3 is 2.15 bits per heavy atom. The highest BCUT2D eigenvalue weighted by Crippen LogP contribution is 2.48. The molecule has 14 heteroatoms. The average Bonchev–Trinajstić information content (AvgIpc) is 3.33. The number of hydrogen-bond donors (Lipinski definition) is 2. The van der Waals surface area contributed by atoms with E-state index in [0.29, 0.717) is 52.6 Å². The molecule has 1 aliphatic rings. The Bertz CT molecular complexity index is 1690. The number of ketones is 1. The number of carbonyl (C=O) groups is 2. The second-order valence-electron chi connectivity index (χ2n) is 12.3. The van der Waals surface area contributed by atoms with Gasteiger partial charge in [-0.1, -0.05) is 13.0 Å². The van der Waals surface area contributed by atoms with Gasteiger partial charge in [0.15, 0.2) is 5.78 Å². The lowest BCUT2D eigenvalue weighted by Crippen LogP contribution is -2.40. The molecule has 1 aliphatic heterocycles. The molecule has 6 nitrogen and oxygen atoms in total. The van der Waals surface area contributed by atoms with Crippen LogP contribution in [0.1, 0.15) is 61.4 Å². The summed E-state index contributed by atoms with van der Waals surface area (Å²) in [5, 5.41) is 23.1. The Kier molecular flexibility index (Phi) is 10.0. The normalized spacial score (nSPS) is 17.4. The van der Waals surface area contributed by atoms with Gasteiger partial charge >= 0.3 is 18.3 Å². The summed E-state index contributed by atoms with van der Waals surface area (Å²) in [5.41, 5.74) is -3.93. The van der Waals surface area contributed by atoms with Crippen LogP contribution in [0.2, 0.25) is 0 Å². The first-order valence-corrected chi connectivity index (χ1v) is 15.4. The number of carbonyl (C=O) groups excluding carboxylic acids is 1. The van der Waals surface area contributed by atoms with E-state index < -0.39 is 58.6 Å². The van der Waals surface area contributed by atoms with Crippen LogP contribution < -0.4 is 10.2 Å². The van der Waals surface area contributed by atoms with Gasteiger partial charge in [-0.25, -0.2) is 4.39 Å². The van der Waals surface area contributed by atoms with Gasteiger partial charge in [-0.05, 0) is 86.1 Å². The summed E-state index contributed by atoms with van der Waals surface area (Å²) in [6, 6.07) is 7.25. The number of halogens is 7. The first-order valence-electron chi connectivity index (χ1n) is 14.6. The van der Waals surface area contributed by atoms with Gasteiger partial charge in [0.1, 0.15) is 22.5 Å². The SMILES string of the molecule is Cc1cc(F)ccc1-c1sc(N2CCC(CC(=O)O)C(C)C2)c(C#N)c1NCC(=O)C(C)(C)c1cc(C(F)(F)F)cc(C(F)(F)F)c1. The topological polar surface area (TPSA) is 93.4 Å². The summed E-state index contributed by atoms with van der Waals surface area (Å²) in [6.45, 7) is 6.36. The van der Waals surface area contributed by atoms with Gasteiger partial charge in [-0.15, -0.1) is 11.3 Å². The zero-order valence-corrected chi connectivity index (χ0v) is 26.7. The number of piperidine rings is 1. The van der Waals surface area contributed by atoms with Crippen LogP contribution in [0.25, 0.3) is 10.4 Å². The molecule has 0 amide bonds. The van der Waals surface area contributed by atoms with Crippen molar-refractivity contribution in [1.82, 2.24) is 0 Å². The maximum absolute atomic E-state index is 14.0. The zero-order chi connectivity index (χ0) is 35.1. The van der Waals surface area contributed by atoms with E-state index in [1.54, 1.807) is 6.92 Å². The zero-order valence-electron chi connectivity index (χ0n) is 25.9. The Balaban J connectivity index is 1.73. The average molecular weight is 684 g/mol. The number of rotatable bonds is 9. The van der Waals surface area contributed by atoms with Gasteiger partial charge < -0.3 is 15.3 Å². The first kappa shape index (κ1) is 35.7. The van der Waals surface area contributed by atoms with Crippen molar-refractivity contribution in [3.05, 3.63) is 70.0 Å². The number of nitrogens with one attached hydrogen (secondary N) is 1. The maximum atomic E-state index is 14.0. The summed E-state index contributed by atoms with van der Waals surface area (Å²) in [5.74, 6) is -2.25. The van der Waals surface area contributed by atoms with Crippen LogP contribution in [0, 0.1) is 35.9 Å². The Labute approximate surface area is 270 Å². The standard InChI is InChI=1S/C33H32F7N3O3S/c1-17-9-23(34)5-6-24(17)29-28(25(14-41)30(47-29)43-8-7-19(10-27(45)46)18(2)16-43)42-15-26(44)31(3,4)20-11-21(32(35,36)37)13-22(12-20)33(38,39)40/h5-6,9,11-13,18-19,42H,7-8,10,15-16H2,1-4H3,(H,45,46). The van der Waals surface area contributed by atoms with E-state index in [1.165, 1.54) is 43.4 Å². The van der Waals surface area contributed by atoms with Crippen LogP contribution in [-0.4, -0.2) is 36.5 Å². The van der Waals surface area contributed by atoms with Crippen LogP contribution in [0.4, 0.5) is 41.4 Å². The lowest BCUT2D eigenvalue weighted by atomic mass is 9.79. The molecule has 1 aromatic heterocycles. The van der Waals surface area contributed by atoms with Crippen LogP contribution in [-0.2, 0) is 27.4 Å². The second-order valence-corrected chi connectivity index (χ2v) is 13.3. The highest BCUT2D eigenvalue weighted by molar-refractivity contribution is 7.20. The number of thiophene rings is 1. The van der Waals surface area contributed by atoms with Gasteiger partial charge in [0.05, 0.1) is 33.7 Å². The molecule has 2 atom stereocenters. The smallest absolute Gasteiger partial charge is 0.416 e. The molecule has 2 N–H and O–H groups in total. The minimum atomic E-state index is -5.09. The molecule has 4 rings (SSSR count). The van der Waals surface area contributed by atoms with Crippen molar-refractivity contribution in [2.45, 2.75) is 58.3 Å². The number of alkyl halides is 6. The van der Waals surface area contributed by atoms with E-state index in [2.05, 4.69) is 11.4 Å². The summed E-state index contributed by atoms with van der Waals surface area (Å²) in [4.78, 5) is 27.3. The molecular weight excluding hydrogens is 651 g/mol. The number of nitrogens with zero attached hydrogens (tertiary/aromatic N) is 2. The summed E-state index contributed by atoms with van der Waals surface area (Å²) >= 11 is 1.21. The third kappa shape index (κ3) is 7.72. The molecule has 2 unspecified atom stereocenters. The van der Waals surface area contributed by atoms with E-state index in [-0.39, 0.29) is 35.6 Å². The van der Waals surface area contributed by atoms with Crippen molar-refractivity contribution in [2.24, 2.45) is 11.8 Å². The quantitative estimate of drug-likeness (QED) is 0.219. The van der Waals surface area contributed by atoms with Crippen LogP contribution in [0.3, 0.4) is 0 Å². The van der Waals surface area contributed by atoms with Gasteiger partial charge in [-0.2, -0.15) is 31.6 Å². The van der Waals surface area contributed by atoms with Gasteiger partial charge in [0, 0.05) is 19.5 Å². The lowest BCUT2D eigenvalue weighted by molar-refractivity contribution is -0.143. The fourth-order valence-corrected chi connectivity index (χ4v) is 7.11. The molecule has 3 aromatic rings. The Hall–Kier alpha value is -4.12. The number of nitriles is 1. The number of hydrogen-bond acceptors (Lipinski definition) is 6. The predicted octanol–water partition coefficient (Wildman–Crippen LogP) is 8.67. The van der Waals surface area contributed by atoms with Crippen LogP contribution >= 0.6 is 11.3 Å². The number of carboxylic acid groups (broad SMARTS) is 1. The van der Waals surface area contributed by atoms with E-state index in [4.69, 9.17) is 0 Å². The van der Waals surface area contributed by atoms with E-state index in [1.807, 2.05) is 11.8 Å². The van der Waals surface area contributed by atoms with E-state index >= 15 is 0 Å². The second kappa shape index (κ2) is 13.2. The van der Waals surface area contributed by atoms with Crippen molar-refractivity contribution >= 4 is 33.8 Å². The summed E-state index contributed by atoms with van der Waals surface area (Å²) in [6.07, 6.45) is -9.63. The summed E-state index contributed by atoms with van der Waals surface area (Å²) in [7, 11) is 0. The third-order valence-electron chi connectivity index (χ3n) is 8.67. The number of aliphatic carboxylic acids is 1. The summed E-state index contributed by atoms with van der Waals surface area (Å²) < 4.78 is 95.3. The third-order valence-corrected chi connectivity index (χ3v) is 9.96. The highest BCUT2D eigenvalue weighted by atomic mass is 32.1. The molecule has 252 valence electrons. The maximum Gasteiger partial charge on any atom is 0.416 e. The van der Waals surface area contributed by atoms with Crippen LogP contribution in [0.5, 0.6) is 0 Å². The number of anilines is 2. The molecule has 2 aromatic carbocycles. The lowest BCUT2D eigenvalue weighted by Gasteiger charge is -2.37.